The SMILES string of the molecule is CC1[NH2+]C2(C(=O)c3ccccc3C2=O)C2C(=O)N(c3ccccc3)C(=O)C12. The summed E-state index contributed by atoms with van der Waals surface area (Å²) in [5, 5.41) is 1.64. The van der Waals surface area contributed by atoms with Crippen LogP contribution in [0.5, 0.6) is 0 Å². The topological polar surface area (TPSA) is 88.1 Å². The number of rotatable bonds is 1. The van der Waals surface area contributed by atoms with E-state index in [1.807, 2.05) is 0 Å². The van der Waals surface area contributed by atoms with Gasteiger partial charge in [0, 0.05) is 11.1 Å². The van der Waals surface area contributed by atoms with Crippen molar-refractivity contribution in [2.75, 3.05) is 4.90 Å². The lowest BCUT2D eigenvalue weighted by atomic mass is 9.77. The molecular weight excluding hydrogens is 344 g/mol. The number of carbonyl (C=O) groups excluding carboxylic acids is 4. The highest BCUT2D eigenvalue weighted by atomic mass is 16.2. The number of quaternary nitrogens is 1. The normalized spacial score (nSPS) is 28.2. The van der Waals surface area contributed by atoms with E-state index in [-0.39, 0.29) is 23.5 Å². The molecule has 1 spiro atoms. The van der Waals surface area contributed by atoms with Crippen molar-refractivity contribution in [1.82, 2.24) is 0 Å². The van der Waals surface area contributed by atoms with Crippen molar-refractivity contribution in [3.63, 3.8) is 0 Å². The van der Waals surface area contributed by atoms with Crippen LogP contribution in [-0.2, 0) is 9.59 Å². The molecule has 2 aliphatic heterocycles. The summed E-state index contributed by atoms with van der Waals surface area (Å²) in [7, 11) is 0. The maximum absolute atomic E-state index is 13.3. The summed E-state index contributed by atoms with van der Waals surface area (Å²) < 4.78 is 0. The molecule has 2 saturated heterocycles. The highest BCUT2D eigenvalue weighted by Gasteiger charge is 2.76. The van der Waals surface area contributed by atoms with Crippen LogP contribution in [-0.4, -0.2) is 35.0 Å². The van der Waals surface area contributed by atoms with Gasteiger partial charge in [-0.25, -0.2) is 4.90 Å². The van der Waals surface area contributed by atoms with E-state index in [4.69, 9.17) is 0 Å². The Bertz CT molecular complexity index is 994. The van der Waals surface area contributed by atoms with Gasteiger partial charge in [-0.1, -0.05) is 42.5 Å². The first-order valence-corrected chi connectivity index (χ1v) is 8.96. The zero-order chi connectivity index (χ0) is 18.9. The first kappa shape index (κ1) is 16.1. The third-order valence-electron chi connectivity index (χ3n) is 6.12. The Morgan fingerprint density at radius 1 is 0.815 bits per heavy atom. The maximum Gasteiger partial charge on any atom is 0.245 e. The molecular formula is C21H17N2O4+. The van der Waals surface area contributed by atoms with Crippen LogP contribution in [0, 0.1) is 11.8 Å². The molecule has 2 aromatic rings. The van der Waals surface area contributed by atoms with Gasteiger partial charge in [-0.05, 0) is 19.1 Å². The van der Waals surface area contributed by atoms with E-state index in [1.165, 1.54) is 0 Å². The van der Waals surface area contributed by atoms with Gasteiger partial charge in [-0.2, -0.15) is 0 Å². The molecule has 6 heteroatoms. The summed E-state index contributed by atoms with van der Waals surface area (Å²) in [6.45, 7) is 1.80. The fraction of sp³-hybridized carbons (Fsp3) is 0.238. The number of amides is 2. The first-order chi connectivity index (χ1) is 13.0. The number of hydrogen-bond donors (Lipinski definition) is 1. The average Bonchev–Trinajstić information content (AvgIpc) is 3.22. The zero-order valence-corrected chi connectivity index (χ0v) is 14.6. The van der Waals surface area contributed by atoms with Crippen LogP contribution < -0.4 is 10.2 Å². The standard InChI is InChI=1S/C21H16N2O4/c1-11-15-16(20(27)23(19(15)26)12-7-3-2-4-8-12)21(22-11)17(24)13-9-5-6-10-14(13)18(21)25/h2-11,15-16,22H,1H3/p+1. The molecule has 2 heterocycles. The van der Waals surface area contributed by atoms with Crippen molar-refractivity contribution in [3.8, 4) is 0 Å². The molecule has 0 bridgehead atoms. The number of anilines is 1. The van der Waals surface area contributed by atoms with Crippen LogP contribution in [0.4, 0.5) is 5.69 Å². The van der Waals surface area contributed by atoms with Crippen LogP contribution in [0.2, 0.25) is 0 Å². The van der Waals surface area contributed by atoms with Crippen LogP contribution in [0.3, 0.4) is 0 Å². The summed E-state index contributed by atoms with van der Waals surface area (Å²) >= 11 is 0. The molecule has 2 amide bonds. The fourth-order valence-corrected chi connectivity index (χ4v) is 5.01. The largest absolute Gasteiger partial charge is 0.325 e. The van der Waals surface area contributed by atoms with Gasteiger partial charge in [-0.15, -0.1) is 0 Å². The van der Waals surface area contributed by atoms with E-state index in [9.17, 15) is 19.2 Å². The van der Waals surface area contributed by atoms with Crippen molar-refractivity contribution < 1.29 is 24.5 Å². The number of Topliss-reactive ketones (excluding diaryl/α,β-unsaturated/α-hetero) is 2. The Morgan fingerprint density at radius 2 is 1.37 bits per heavy atom. The van der Waals surface area contributed by atoms with Crippen molar-refractivity contribution >= 4 is 29.1 Å². The number of benzene rings is 2. The Kier molecular flexibility index (Phi) is 3.10. The molecule has 0 radical (unpaired) electrons. The van der Waals surface area contributed by atoms with Crippen LogP contribution >= 0.6 is 0 Å². The lowest BCUT2D eigenvalue weighted by Crippen LogP contribution is -3.01. The molecule has 2 fully saturated rings. The number of nitrogens with zero attached hydrogens (tertiary/aromatic N) is 1. The quantitative estimate of drug-likeness (QED) is 0.594. The third kappa shape index (κ3) is 1.78. The van der Waals surface area contributed by atoms with Gasteiger partial charge in [0.25, 0.3) is 0 Å². The van der Waals surface area contributed by atoms with E-state index in [2.05, 4.69) is 0 Å². The minimum absolute atomic E-state index is 0.338. The van der Waals surface area contributed by atoms with Crippen LogP contribution in [0.1, 0.15) is 27.6 Å². The first-order valence-electron chi connectivity index (χ1n) is 8.96. The lowest BCUT2D eigenvalue weighted by Gasteiger charge is -2.24. The number of hydrogen-bond acceptors (Lipinski definition) is 4. The average molecular weight is 361 g/mol. The lowest BCUT2D eigenvalue weighted by molar-refractivity contribution is -0.707. The second-order valence-corrected chi connectivity index (χ2v) is 7.45. The third-order valence-corrected chi connectivity index (χ3v) is 6.12. The highest BCUT2D eigenvalue weighted by molar-refractivity contribution is 6.36. The Morgan fingerprint density at radius 3 is 1.96 bits per heavy atom. The molecule has 5 rings (SSSR count). The number of ketones is 2. The number of carbonyl (C=O) groups is 4. The molecule has 2 N–H and O–H groups in total. The van der Waals surface area contributed by atoms with Crippen molar-refractivity contribution in [2.45, 2.75) is 18.5 Å². The molecule has 3 unspecified atom stereocenters. The number of imide groups is 1. The van der Waals surface area contributed by atoms with E-state index >= 15 is 0 Å². The van der Waals surface area contributed by atoms with Crippen molar-refractivity contribution in [2.24, 2.45) is 11.8 Å². The molecule has 1 aliphatic carbocycles. The summed E-state index contributed by atoms with van der Waals surface area (Å²) in [5.41, 5.74) is -0.418. The minimum atomic E-state index is -1.57. The van der Waals surface area contributed by atoms with Gasteiger partial charge in [0.05, 0.1) is 11.7 Å². The smallest absolute Gasteiger partial charge is 0.245 e. The molecule has 6 nitrogen and oxygen atoms in total. The number of para-hydroxylation sites is 1. The van der Waals surface area contributed by atoms with Crippen molar-refractivity contribution in [3.05, 3.63) is 65.7 Å². The number of fused-ring (bicyclic) bond motifs is 3. The molecule has 2 aromatic carbocycles. The fourth-order valence-electron chi connectivity index (χ4n) is 5.01. The summed E-state index contributed by atoms with van der Waals surface area (Å²) in [5.74, 6) is -3.20. The number of nitrogens with two attached hydrogens (primary N) is 1. The van der Waals surface area contributed by atoms with E-state index in [0.29, 0.717) is 16.8 Å². The predicted molar refractivity (Wildman–Crippen MR) is 95.1 cm³/mol. The molecule has 3 aliphatic rings. The van der Waals surface area contributed by atoms with Gasteiger partial charge < -0.3 is 5.32 Å². The predicted octanol–water partition coefficient (Wildman–Crippen LogP) is 0.576. The van der Waals surface area contributed by atoms with Gasteiger partial charge in [0.2, 0.25) is 28.9 Å². The van der Waals surface area contributed by atoms with Gasteiger partial charge in [0.15, 0.2) is 0 Å². The summed E-state index contributed by atoms with van der Waals surface area (Å²) in [6, 6.07) is 15.0. The molecule has 27 heavy (non-hydrogen) atoms. The van der Waals surface area contributed by atoms with Gasteiger partial charge >= 0.3 is 0 Å². The second-order valence-electron chi connectivity index (χ2n) is 7.45. The van der Waals surface area contributed by atoms with Gasteiger partial charge in [0.1, 0.15) is 11.8 Å². The van der Waals surface area contributed by atoms with Crippen LogP contribution in [0.15, 0.2) is 54.6 Å². The highest BCUT2D eigenvalue weighted by Crippen LogP contribution is 2.45. The molecule has 0 saturated carbocycles. The van der Waals surface area contributed by atoms with Gasteiger partial charge in [-0.3, -0.25) is 19.2 Å². The second kappa shape index (κ2) is 5.20. The molecule has 3 atom stereocenters. The summed E-state index contributed by atoms with van der Waals surface area (Å²) in [4.78, 5) is 54.1. The summed E-state index contributed by atoms with van der Waals surface area (Å²) in [6.07, 6.45) is 0. The van der Waals surface area contributed by atoms with Crippen LogP contribution in [0.25, 0.3) is 0 Å². The zero-order valence-electron chi connectivity index (χ0n) is 14.6. The molecule has 0 aromatic heterocycles. The maximum atomic E-state index is 13.3. The Balaban J connectivity index is 1.67. The molecule has 134 valence electrons. The monoisotopic (exact) mass is 361 g/mol. The Hall–Kier alpha value is -3.12. The minimum Gasteiger partial charge on any atom is -0.325 e. The van der Waals surface area contributed by atoms with Crippen molar-refractivity contribution in [1.29, 1.82) is 0 Å². The van der Waals surface area contributed by atoms with E-state index < -0.39 is 23.3 Å². The van der Waals surface area contributed by atoms with E-state index in [1.54, 1.807) is 66.8 Å². The Labute approximate surface area is 155 Å². The van der Waals surface area contributed by atoms with E-state index in [0.717, 1.165) is 4.90 Å².